The first-order valence-corrected chi connectivity index (χ1v) is 9.52. The van der Waals surface area contributed by atoms with Gasteiger partial charge in [0.05, 0.1) is 10.8 Å². The smallest absolute Gasteiger partial charge is 0.309 e. The molecule has 4 heteroatoms. The summed E-state index contributed by atoms with van der Waals surface area (Å²) in [6, 6.07) is 0. The molecule has 2 N–H and O–H groups in total. The molecule has 0 aromatic carbocycles. The topological polar surface area (TPSA) is 74.6 Å². The zero-order chi connectivity index (χ0) is 19.7. The van der Waals surface area contributed by atoms with E-state index in [-0.39, 0.29) is 0 Å². The number of carboxylic acids is 2. The quantitative estimate of drug-likeness (QED) is 0.311. The molecule has 0 unspecified atom stereocenters. The van der Waals surface area contributed by atoms with Gasteiger partial charge >= 0.3 is 11.9 Å². The Labute approximate surface area is 153 Å². The van der Waals surface area contributed by atoms with Crippen molar-refractivity contribution in [3.8, 4) is 0 Å². The maximum atomic E-state index is 11.1. The van der Waals surface area contributed by atoms with E-state index < -0.39 is 22.8 Å². The highest BCUT2D eigenvalue weighted by molar-refractivity contribution is 5.73. The molecule has 0 spiro atoms. The van der Waals surface area contributed by atoms with Crippen LogP contribution in [0.1, 0.15) is 99.3 Å². The van der Waals surface area contributed by atoms with Crippen molar-refractivity contribution < 1.29 is 19.8 Å². The maximum Gasteiger partial charge on any atom is 0.309 e. The number of allylic oxidation sites excluding steroid dienone is 2. The summed E-state index contributed by atoms with van der Waals surface area (Å²) in [5.74, 6) is -1.44. The highest BCUT2D eigenvalue weighted by atomic mass is 16.4. The van der Waals surface area contributed by atoms with Gasteiger partial charge in [0.1, 0.15) is 0 Å². The molecule has 0 saturated carbocycles. The highest BCUT2D eigenvalue weighted by Gasteiger charge is 2.26. The molecule has 0 aromatic heterocycles. The largest absolute Gasteiger partial charge is 0.481 e. The average molecular weight is 355 g/mol. The van der Waals surface area contributed by atoms with E-state index in [2.05, 4.69) is 13.8 Å². The van der Waals surface area contributed by atoms with E-state index in [1.54, 1.807) is 27.7 Å². The number of carboxylic acid groups (broad SMARTS) is 2. The predicted octanol–water partition coefficient (Wildman–Crippen LogP) is 6.06. The van der Waals surface area contributed by atoms with Gasteiger partial charge in [-0.2, -0.15) is 0 Å². The summed E-state index contributed by atoms with van der Waals surface area (Å²) in [6.07, 6.45) is 8.64. The molecule has 0 saturated heterocycles. The third-order valence-electron chi connectivity index (χ3n) is 5.34. The molecule has 0 aliphatic carbocycles. The normalized spacial score (nSPS) is 13.5. The van der Waals surface area contributed by atoms with Gasteiger partial charge in [0.2, 0.25) is 0 Å². The Bertz CT molecular complexity index is 472. The molecule has 0 aliphatic rings. The molecule has 0 aromatic rings. The molecule has 4 nitrogen and oxygen atoms in total. The summed E-state index contributed by atoms with van der Waals surface area (Å²) in [5.41, 5.74) is 1.59. The predicted molar refractivity (Wildman–Crippen MR) is 103 cm³/mol. The summed E-state index contributed by atoms with van der Waals surface area (Å²) >= 11 is 0. The zero-order valence-corrected chi connectivity index (χ0v) is 17.1. The van der Waals surface area contributed by atoms with E-state index in [0.29, 0.717) is 6.42 Å². The lowest BCUT2D eigenvalue weighted by molar-refractivity contribution is -0.148. The third-order valence-corrected chi connectivity index (χ3v) is 5.34. The summed E-state index contributed by atoms with van der Waals surface area (Å²) in [6.45, 7) is 11.5. The Morgan fingerprint density at radius 1 is 0.640 bits per heavy atom. The van der Waals surface area contributed by atoms with Crippen LogP contribution in [0, 0.1) is 10.8 Å². The van der Waals surface area contributed by atoms with Gasteiger partial charge in [-0.05, 0) is 80.1 Å². The molecule has 0 bridgehead atoms. The first kappa shape index (κ1) is 23.7. The van der Waals surface area contributed by atoms with Crippen LogP contribution in [0.25, 0.3) is 0 Å². The molecule has 0 fully saturated rings. The van der Waals surface area contributed by atoms with E-state index in [1.165, 1.54) is 11.1 Å². The van der Waals surface area contributed by atoms with E-state index >= 15 is 0 Å². The van der Waals surface area contributed by atoms with Crippen LogP contribution < -0.4 is 0 Å². The minimum absolute atomic E-state index is 0.621. The summed E-state index contributed by atoms with van der Waals surface area (Å²) < 4.78 is 0. The first-order chi connectivity index (χ1) is 11.4. The molecular weight excluding hydrogens is 316 g/mol. The Morgan fingerprint density at radius 2 is 0.960 bits per heavy atom. The average Bonchev–Trinajstić information content (AvgIpc) is 2.50. The Kier molecular flexibility index (Phi) is 10.1. The highest BCUT2D eigenvalue weighted by Crippen LogP contribution is 2.26. The van der Waals surface area contributed by atoms with Crippen LogP contribution in [0.4, 0.5) is 0 Å². The fraction of sp³-hybridized carbons (Fsp3) is 0.810. The summed E-state index contributed by atoms with van der Waals surface area (Å²) in [7, 11) is 0. The number of carbonyl (C=O) groups is 2. The van der Waals surface area contributed by atoms with Gasteiger partial charge in [-0.3, -0.25) is 9.59 Å². The minimum Gasteiger partial charge on any atom is -0.481 e. The Balaban J connectivity index is 4.01. The maximum absolute atomic E-state index is 11.1. The van der Waals surface area contributed by atoms with Crippen LogP contribution in [0.5, 0.6) is 0 Å². The van der Waals surface area contributed by atoms with Crippen molar-refractivity contribution in [2.75, 3.05) is 0 Å². The van der Waals surface area contributed by atoms with Crippen molar-refractivity contribution in [1.29, 1.82) is 0 Å². The van der Waals surface area contributed by atoms with Crippen molar-refractivity contribution >= 4 is 11.9 Å². The lowest BCUT2D eigenvalue weighted by atomic mass is 9.86. The number of rotatable bonds is 13. The lowest BCUT2D eigenvalue weighted by Gasteiger charge is -2.19. The van der Waals surface area contributed by atoms with Crippen LogP contribution in [0.2, 0.25) is 0 Å². The SMILES string of the molecule is C/C(CCCCCC(C)(C)C(=O)O)=C(\C)CCCCC(C)(C)C(=O)O. The van der Waals surface area contributed by atoms with Gasteiger partial charge in [0, 0.05) is 0 Å². The van der Waals surface area contributed by atoms with Crippen molar-refractivity contribution in [2.24, 2.45) is 10.8 Å². The van der Waals surface area contributed by atoms with Crippen LogP contribution >= 0.6 is 0 Å². The van der Waals surface area contributed by atoms with E-state index in [1.807, 2.05) is 0 Å². The molecule has 0 rings (SSSR count). The minimum atomic E-state index is -0.720. The number of unbranched alkanes of at least 4 members (excludes halogenated alkanes) is 3. The van der Waals surface area contributed by atoms with Crippen LogP contribution in [-0.2, 0) is 9.59 Å². The second-order valence-corrected chi connectivity index (χ2v) is 8.71. The zero-order valence-electron chi connectivity index (χ0n) is 17.1. The van der Waals surface area contributed by atoms with Gasteiger partial charge in [-0.15, -0.1) is 0 Å². The molecule has 146 valence electrons. The van der Waals surface area contributed by atoms with Gasteiger partial charge in [0.25, 0.3) is 0 Å². The standard InChI is InChI=1S/C21H38O4/c1-16(12-8-7-10-14-20(3,4)18(22)23)17(2)13-9-11-15-21(5,6)19(24)25/h7-15H2,1-6H3,(H,22,23)(H,24,25)/b17-16-. The number of aliphatic carboxylic acids is 2. The molecule has 0 radical (unpaired) electrons. The molecule has 0 aliphatic heterocycles. The van der Waals surface area contributed by atoms with Gasteiger partial charge in [-0.1, -0.05) is 30.4 Å². The molecular formula is C21H38O4. The Morgan fingerprint density at radius 3 is 1.32 bits per heavy atom. The van der Waals surface area contributed by atoms with Gasteiger partial charge in [-0.25, -0.2) is 0 Å². The third kappa shape index (κ3) is 9.66. The van der Waals surface area contributed by atoms with Gasteiger partial charge in [0.15, 0.2) is 0 Å². The summed E-state index contributed by atoms with van der Waals surface area (Å²) in [4.78, 5) is 22.2. The van der Waals surface area contributed by atoms with Gasteiger partial charge < -0.3 is 10.2 Å². The molecule has 0 amide bonds. The van der Waals surface area contributed by atoms with Crippen LogP contribution in [0.15, 0.2) is 11.1 Å². The molecule has 0 atom stereocenters. The second kappa shape index (κ2) is 10.6. The van der Waals surface area contributed by atoms with Crippen molar-refractivity contribution in [2.45, 2.75) is 99.3 Å². The number of hydrogen-bond donors (Lipinski definition) is 2. The van der Waals surface area contributed by atoms with Crippen molar-refractivity contribution in [3.63, 3.8) is 0 Å². The van der Waals surface area contributed by atoms with E-state index in [0.717, 1.165) is 51.4 Å². The molecule has 0 heterocycles. The number of hydrogen-bond acceptors (Lipinski definition) is 2. The molecule has 25 heavy (non-hydrogen) atoms. The first-order valence-electron chi connectivity index (χ1n) is 9.52. The summed E-state index contributed by atoms with van der Waals surface area (Å²) in [5, 5.41) is 18.2. The van der Waals surface area contributed by atoms with E-state index in [9.17, 15) is 9.59 Å². The van der Waals surface area contributed by atoms with E-state index in [4.69, 9.17) is 10.2 Å². The van der Waals surface area contributed by atoms with Crippen LogP contribution in [0.3, 0.4) is 0 Å². The second-order valence-electron chi connectivity index (χ2n) is 8.71. The monoisotopic (exact) mass is 354 g/mol. The van der Waals surface area contributed by atoms with Crippen LogP contribution in [-0.4, -0.2) is 22.2 Å². The fourth-order valence-electron chi connectivity index (χ4n) is 2.73. The lowest BCUT2D eigenvalue weighted by Crippen LogP contribution is -2.23. The Hall–Kier alpha value is -1.32. The van der Waals surface area contributed by atoms with Crippen molar-refractivity contribution in [3.05, 3.63) is 11.1 Å². The van der Waals surface area contributed by atoms with Crippen molar-refractivity contribution in [1.82, 2.24) is 0 Å². The fourth-order valence-corrected chi connectivity index (χ4v) is 2.73.